The molecule has 0 bridgehead atoms. The maximum absolute atomic E-state index is 6.37. The van der Waals surface area contributed by atoms with Crippen molar-refractivity contribution < 1.29 is 24.5 Å². The number of nitrogens with zero attached hydrogens (tertiary/aromatic N) is 2. The van der Waals surface area contributed by atoms with Crippen LogP contribution in [0.4, 0.5) is 0 Å². The van der Waals surface area contributed by atoms with Crippen molar-refractivity contribution in [3.05, 3.63) is 188 Å². The van der Waals surface area contributed by atoms with Crippen LogP contribution in [0.2, 0.25) is 19.6 Å². The summed E-state index contributed by atoms with van der Waals surface area (Å²) in [7, 11) is -1.40. The predicted octanol–water partition coefficient (Wildman–Crippen LogP) is 13.7. The van der Waals surface area contributed by atoms with Gasteiger partial charge >= 0.3 is 0 Å². The molecule has 0 spiro atoms. The minimum absolute atomic E-state index is 0. The van der Waals surface area contributed by atoms with Gasteiger partial charge in [0, 0.05) is 37.9 Å². The Balaban J connectivity index is 0.000000177. The third kappa shape index (κ3) is 9.03. The Morgan fingerprint density at radius 2 is 1.17 bits per heavy atom. The summed E-state index contributed by atoms with van der Waals surface area (Å²) in [5.41, 5.74) is 14.0. The van der Waals surface area contributed by atoms with Crippen molar-refractivity contribution in [3.63, 3.8) is 0 Å². The second-order valence-corrected chi connectivity index (χ2v) is 21.0. The van der Waals surface area contributed by atoms with E-state index in [1.807, 2.05) is 54.7 Å². The molecule has 0 aliphatic carbocycles. The molecule has 0 atom stereocenters. The van der Waals surface area contributed by atoms with E-state index in [0.717, 1.165) is 67.6 Å². The van der Waals surface area contributed by atoms with Gasteiger partial charge in [-0.05, 0) is 68.9 Å². The summed E-state index contributed by atoms with van der Waals surface area (Å²) >= 11 is 0. The second kappa shape index (κ2) is 17.8. The maximum atomic E-state index is 6.37. The third-order valence-corrected chi connectivity index (χ3v) is 12.3. The molecule has 0 saturated heterocycles. The van der Waals surface area contributed by atoms with Crippen molar-refractivity contribution in [2.45, 2.75) is 39.9 Å². The van der Waals surface area contributed by atoms with Crippen molar-refractivity contribution in [3.8, 4) is 55.9 Å². The van der Waals surface area contributed by atoms with Crippen LogP contribution < -0.4 is 5.19 Å². The molecule has 9 rings (SSSR count). The molecule has 0 aliphatic heterocycles. The van der Waals surface area contributed by atoms with E-state index in [1.54, 1.807) is 0 Å². The molecule has 0 N–H and O–H groups in total. The second-order valence-electron chi connectivity index (χ2n) is 16.0. The van der Waals surface area contributed by atoms with Crippen molar-refractivity contribution in [1.29, 1.82) is 0 Å². The van der Waals surface area contributed by atoms with Gasteiger partial charge in [0.25, 0.3) is 0 Å². The van der Waals surface area contributed by atoms with E-state index in [0.29, 0.717) is 5.92 Å². The van der Waals surface area contributed by atoms with E-state index in [1.165, 1.54) is 27.4 Å². The minimum Gasteiger partial charge on any atom is -0.501 e. The molecule has 289 valence electrons. The van der Waals surface area contributed by atoms with Gasteiger partial charge in [-0.1, -0.05) is 165 Å². The average Bonchev–Trinajstić information content (AvgIpc) is 3.63. The van der Waals surface area contributed by atoms with Crippen LogP contribution in [0.15, 0.2) is 175 Å². The van der Waals surface area contributed by atoms with E-state index in [4.69, 9.17) is 9.40 Å². The summed E-state index contributed by atoms with van der Waals surface area (Å²) in [6, 6.07) is 61.1. The summed E-state index contributed by atoms with van der Waals surface area (Å²) in [5, 5.41) is 3.66. The molecule has 0 fully saturated rings. The number of hydrogen-bond donors (Lipinski definition) is 0. The molecule has 58 heavy (non-hydrogen) atoms. The van der Waals surface area contributed by atoms with Gasteiger partial charge in [-0.2, -0.15) is 0 Å². The third-order valence-electron chi connectivity index (χ3n) is 10.3. The van der Waals surface area contributed by atoms with Gasteiger partial charge in [-0.15, -0.1) is 53.6 Å². The van der Waals surface area contributed by atoms with Gasteiger partial charge in [0.15, 0.2) is 0 Å². The number of pyridine rings is 2. The van der Waals surface area contributed by atoms with Crippen molar-refractivity contribution in [2.75, 3.05) is 0 Å². The maximum Gasteiger partial charge on any atom is 0.121 e. The molecule has 6 aromatic carbocycles. The van der Waals surface area contributed by atoms with Gasteiger partial charge in [-0.3, -0.25) is 0 Å². The van der Waals surface area contributed by atoms with E-state index >= 15 is 0 Å². The van der Waals surface area contributed by atoms with Crippen LogP contribution in [0.3, 0.4) is 0 Å². The zero-order chi connectivity index (χ0) is 39.4. The Hall–Kier alpha value is -5.71. The molecule has 3 aromatic heterocycles. The Morgan fingerprint density at radius 3 is 1.79 bits per heavy atom. The number of aromatic nitrogens is 2. The van der Waals surface area contributed by atoms with Gasteiger partial charge in [0.2, 0.25) is 0 Å². The fourth-order valence-electron chi connectivity index (χ4n) is 7.47. The van der Waals surface area contributed by atoms with Gasteiger partial charge in [0.05, 0.1) is 13.7 Å². The van der Waals surface area contributed by atoms with Gasteiger partial charge in [0.1, 0.15) is 5.58 Å². The first-order chi connectivity index (χ1) is 27.7. The fraction of sp³-hybridized carbons (Fsp3) is 0.132. The first-order valence-electron chi connectivity index (χ1n) is 19.7. The Kier molecular flexibility index (Phi) is 12.4. The van der Waals surface area contributed by atoms with Crippen LogP contribution >= 0.6 is 0 Å². The summed E-state index contributed by atoms with van der Waals surface area (Å²) in [6.07, 6.45) is 5.08. The minimum atomic E-state index is -1.40. The Bertz CT molecular complexity index is 2770. The Labute approximate surface area is 357 Å². The van der Waals surface area contributed by atoms with E-state index in [9.17, 15) is 0 Å². The normalized spacial score (nSPS) is 11.3. The predicted molar refractivity (Wildman–Crippen MR) is 242 cm³/mol. The summed E-state index contributed by atoms with van der Waals surface area (Å²) in [4.78, 5) is 9.45. The standard InChI is InChI=1S/C29H18NO.C24H28NSi.Ir/c1-3-8-20(9-4-1)22-14-15-24-25-12-7-13-26(29(25)31-28(24)19-22)27-18-23(16-17-30-27)21-10-5-2-6-11-21;1-18(2)14-22-16-23(25-17-24(22)26(3,4)5)21-13-9-12-20(15-21)19-10-7-6-8-11-19;/h1-12,14-19H;6-12,15-18H,14H2,1-5H3;/q2*-1;. The van der Waals surface area contributed by atoms with Crippen LogP contribution in [-0.2, 0) is 26.5 Å². The summed E-state index contributed by atoms with van der Waals surface area (Å²) in [6.45, 7) is 11.8. The van der Waals surface area contributed by atoms with Crippen molar-refractivity contribution in [2.24, 2.45) is 5.92 Å². The van der Waals surface area contributed by atoms with E-state index < -0.39 is 8.07 Å². The number of furan rings is 1. The molecule has 0 unspecified atom stereocenters. The quantitative estimate of drug-likeness (QED) is 0.113. The molecule has 1 radical (unpaired) electrons. The van der Waals surface area contributed by atoms with Crippen LogP contribution in [0, 0.1) is 18.1 Å². The van der Waals surface area contributed by atoms with Crippen molar-refractivity contribution in [1.82, 2.24) is 9.97 Å². The van der Waals surface area contributed by atoms with Crippen LogP contribution in [0.5, 0.6) is 0 Å². The van der Waals surface area contributed by atoms with E-state index in [-0.39, 0.29) is 20.1 Å². The average molecular weight is 947 g/mol. The molecular weight excluding hydrogens is 901 g/mol. The largest absolute Gasteiger partial charge is 0.501 e. The van der Waals surface area contributed by atoms with Gasteiger partial charge < -0.3 is 14.4 Å². The molecular formula is C53H46IrN2OSi-2. The van der Waals surface area contributed by atoms with E-state index in [2.05, 4.69) is 166 Å². The number of hydrogen-bond acceptors (Lipinski definition) is 3. The van der Waals surface area contributed by atoms with Crippen LogP contribution in [0.1, 0.15) is 19.4 Å². The van der Waals surface area contributed by atoms with Crippen molar-refractivity contribution >= 4 is 35.2 Å². The smallest absolute Gasteiger partial charge is 0.121 e. The van der Waals surface area contributed by atoms with Gasteiger partial charge in [-0.25, -0.2) is 0 Å². The van der Waals surface area contributed by atoms with Crippen LogP contribution in [-0.4, -0.2) is 18.0 Å². The summed E-state index contributed by atoms with van der Waals surface area (Å²) < 4.78 is 6.37. The zero-order valence-corrected chi connectivity index (χ0v) is 37.0. The molecule has 3 heterocycles. The zero-order valence-electron chi connectivity index (χ0n) is 33.6. The Morgan fingerprint density at radius 1 is 0.569 bits per heavy atom. The number of benzene rings is 6. The molecule has 9 aromatic rings. The molecule has 0 saturated carbocycles. The fourth-order valence-corrected chi connectivity index (χ4v) is 9.06. The first kappa shape index (κ1) is 40.5. The molecule has 5 heteroatoms. The number of fused-ring (bicyclic) bond motifs is 3. The molecule has 3 nitrogen and oxygen atoms in total. The topological polar surface area (TPSA) is 38.9 Å². The first-order valence-corrected chi connectivity index (χ1v) is 23.2. The molecule has 0 aliphatic rings. The monoisotopic (exact) mass is 947 g/mol. The van der Waals surface area contributed by atoms with Crippen LogP contribution in [0.25, 0.3) is 77.8 Å². The molecule has 0 amide bonds. The summed E-state index contributed by atoms with van der Waals surface area (Å²) in [5.74, 6) is 0.639. The number of rotatable bonds is 8. The SMILES string of the molecule is CC(C)Cc1cc(-c2[c-]ccc(-c3ccccc3)c2)ncc1[Si](C)(C)C.[Ir].[c-]1ccc2c(oc3cc(-c4ccccc4)ccc32)c1-c1cc(-c2ccccc2)ccn1.